The lowest BCUT2D eigenvalue weighted by Gasteiger charge is -2.33. The first-order valence-electron chi connectivity index (χ1n) is 20.5. The molecule has 12 aromatic rings. The molecular formula is C56H38N2O2. The van der Waals surface area contributed by atoms with Crippen molar-refractivity contribution in [3.8, 4) is 0 Å². The van der Waals surface area contributed by atoms with Crippen LogP contribution in [-0.2, 0) is 0 Å². The number of fused-ring (bicyclic) bond motifs is 9. The Morgan fingerprint density at radius 1 is 0.317 bits per heavy atom. The van der Waals surface area contributed by atoms with E-state index in [-0.39, 0.29) is 0 Å². The standard InChI is InChI=1S/C56H38N2O2/c1-35-15-11-19-39(31-35)57(49-27-13-25-45-41-21-7-9-29-51(41)59-55(45)49)53-43-23-5-6-24-44(43)54(48-34-38-18-4-3-17-37(38)33-47(48)53)58(40-20-12-16-36(2)32-40)50-28-14-26-46-42-22-8-10-30-52(42)60-56(46)50/h3-34H,1-2H3. The number of benzene rings is 10. The van der Waals surface area contributed by atoms with Crippen molar-refractivity contribution >= 4 is 110 Å². The second-order valence-corrected chi connectivity index (χ2v) is 15.8. The zero-order valence-corrected chi connectivity index (χ0v) is 33.2. The van der Waals surface area contributed by atoms with Crippen LogP contribution in [-0.4, -0.2) is 0 Å². The number of furan rings is 2. The Labute approximate surface area is 346 Å². The van der Waals surface area contributed by atoms with E-state index in [9.17, 15) is 0 Å². The van der Waals surface area contributed by atoms with Gasteiger partial charge in [-0.25, -0.2) is 0 Å². The predicted octanol–water partition coefficient (Wildman–Crippen LogP) is 16.5. The van der Waals surface area contributed by atoms with Crippen LogP contribution in [0.3, 0.4) is 0 Å². The van der Waals surface area contributed by atoms with Gasteiger partial charge in [0.25, 0.3) is 0 Å². The highest BCUT2D eigenvalue weighted by molar-refractivity contribution is 6.27. The van der Waals surface area contributed by atoms with Gasteiger partial charge in [-0.15, -0.1) is 0 Å². The molecule has 60 heavy (non-hydrogen) atoms. The molecule has 2 heterocycles. The van der Waals surface area contributed by atoms with E-state index in [0.29, 0.717) is 0 Å². The molecule has 0 aliphatic heterocycles. The average molecular weight is 771 g/mol. The van der Waals surface area contributed by atoms with Gasteiger partial charge in [0.2, 0.25) is 0 Å². The maximum Gasteiger partial charge on any atom is 0.159 e. The monoisotopic (exact) mass is 770 g/mol. The largest absolute Gasteiger partial charge is 0.454 e. The molecule has 4 nitrogen and oxygen atoms in total. The van der Waals surface area contributed by atoms with Crippen LogP contribution in [0.2, 0.25) is 0 Å². The van der Waals surface area contributed by atoms with Gasteiger partial charge in [-0.05, 0) is 96.4 Å². The highest BCUT2D eigenvalue weighted by atomic mass is 16.3. The van der Waals surface area contributed by atoms with Gasteiger partial charge in [-0.1, -0.05) is 133 Å². The van der Waals surface area contributed by atoms with Crippen LogP contribution in [0.25, 0.3) is 76.2 Å². The first kappa shape index (κ1) is 34.2. The van der Waals surface area contributed by atoms with Crippen molar-refractivity contribution in [2.75, 3.05) is 9.80 Å². The molecule has 0 saturated heterocycles. The quantitative estimate of drug-likeness (QED) is 0.125. The molecule has 2 aromatic heterocycles. The van der Waals surface area contributed by atoms with Gasteiger partial charge in [0.15, 0.2) is 11.2 Å². The summed E-state index contributed by atoms with van der Waals surface area (Å²) in [6, 6.07) is 69.7. The minimum atomic E-state index is 0.847. The smallest absolute Gasteiger partial charge is 0.159 e. The van der Waals surface area contributed by atoms with Crippen LogP contribution >= 0.6 is 0 Å². The third-order valence-corrected chi connectivity index (χ3v) is 12.0. The summed E-state index contributed by atoms with van der Waals surface area (Å²) in [6.45, 7) is 4.32. The molecule has 0 bridgehead atoms. The molecule has 0 aliphatic carbocycles. The molecule has 0 aliphatic rings. The van der Waals surface area contributed by atoms with Crippen molar-refractivity contribution in [3.63, 3.8) is 0 Å². The fourth-order valence-electron chi connectivity index (χ4n) is 9.43. The van der Waals surface area contributed by atoms with Gasteiger partial charge in [-0.2, -0.15) is 0 Å². The van der Waals surface area contributed by atoms with Crippen molar-refractivity contribution in [1.29, 1.82) is 0 Å². The van der Waals surface area contributed by atoms with E-state index in [4.69, 9.17) is 8.83 Å². The second-order valence-electron chi connectivity index (χ2n) is 15.8. The SMILES string of the molecule is Cc1cccc(N(c2c3ccccc3c(N(c3cccc(C)c3)c3cccc4c3oc3ccccc34)c3cc4ccccc4cc23)c2cccc3c2oc2ccccc23)c1. The molecule has 12 rings (SSSR count). The third-order valence-electron chi connectivity index (χ3n) is 12.0. The van der Waals surface area contributed by atoms with Crippen LogP contribution in [0.5, 0.6) is 0 Å². The van der Waals surface area contributed by atoms with E-state index in [1.54, 1.807) is 0 Å². The number of anilines is 6. The first-order chi connectivity index (χ1) is 29.6. The first-order valence-corrected chi connectivity index (χ1v) is 20.5. The van der Waals surface area contributed by atoms with Gasteiger partial charge in [-0.3, -0.25) is 0 Å². The lowest BCUT2D eigenvalue weighted by molar-refractivity contribution is 0.668. The number of hydrogen-bond donors (Lipinski definition) is 0. The van der Waals surface area contributed by atoms with E-state index in [2.05, 4.69) is 206 Å². The molecular weight excluding hydrogens is 733 g/mol. The average Bonchev–Trinajstić information content (AvgIpc) is 3.86. The fourth-order valence-corrected chi connectivity index (χ4v) is 9.43. The molecule has 0 unspecified atom stereocenters. The van der Waals surface area contributed by atoms with Crippen LogP contribution in [0.1, 0.15) is 11.1 Å². The lowest BCUT2D eigenvalue weighted by Crippen LogP contribution is -2.15. The summed E-state index contributed by atoms with van der Waals surface area (Å²) in [5.74, 6) is 0. The Kier molecular flexibility index (Phi) is 7.63. The summed E-state index contributed by atoms with van der Waals surface area (Å²) in [5.41, 5.74) is 12.0. The molecule has 0 fully saturated rings. The summed E-state index contributed by atoms with van der Waals surface area (Å²) in [4.78, 5) is 4.86. The zero-order valence-electron chi connectivity index (χ0n) is 33.2. The predicted molar refractivity (Wildman–Crippen MR) is 252 cm³/mol. The third kappa shape index (κ3) is 5.24. The number of nitrogens with zero attached hydrogens (tertiary/aromatic N) is 2. The number of rotatable bonds is 6. The zero-order chi connectivity index (χ0) is 39.9. The molecule has 10 aromatic carbocycles. The van der Waals surface area contributed by atoms with Crippen molar-refractivity contribution in [2.45, 2.75) is 13.8 Å². The second kappa shape index (κ2) is 13.4. The maximum absolute atomic E-state index is 6.83. The van der Waals surface area contributed by atoms with E-state index >= 15 is 0 Å². The van der Waals surface area contributed by atoms with E-state index in [1.807, 2.05) is 12.1 Å². The van der Waals surface area contributed by atoms with Gasteiger partial charge >= 0.3 is 0 Å². The Morgan fingerprint density at radius 2 is 0.700 bits per heavy atom. The van der Waals surface area contributed by atoms with Crippen molar-refractivity contribution < 1.29 is 8.83 Å². The molecule has 0 saturated carbocycles. The van der Waals surface area contributed by atoms with Crippen LogP contribution < -0.4 is 9.80 Å². The minimum Gasteiger partial charge on any atom is -0.454 e. The number of aryl methyl sites for hydroxylation is 2. The number of para-hydroxylation sites is 4. The lowest BCUT2D eigenvalue weighted by atomic mass is 9.93. The van der Waals surface area contributed by atoms with Crippen molar-refractivity contribution in [3.05, 3.63) is 205 Å². The molecule has 0 radical (unpaired) electrons. The summed E-state index contributed by atoms with van der Waals surface area (Å²) in [7, 11) is 0. The van der Waals surface area contributed by atoms with Gasteiger partial charge in [0.1, 0.15) is 11.2 Å². The van der Waals surface area contributed by atoms with Gasteiger partial charge in [0.05, 0.1) is 22.7 Å². The van der Waals surface area contributed by atoms with E-state index < -0.39 is 0 Å². The summed E-state index contributed by atoms with van der Waals surface area (Å²) in [6.07, 6.45) is 0. The molecule has 4 heteroatoms. The summed E-state index contributed by atoms with van der Waals surface area (Å²) < 4.78 is 13.7. The molecule has 0 atom stereocenters. The van der Waals surface area contributed by atoms with Crippen LogP contribution in [0, 0.1) is 13.8 Å². The Bertz CT molecular complexity index is 3430. The minimum absolute atomic E-state index is 0.847. The fraction of sp³-hybridized carbons (Fsp3) is 0.0357. The van der Waals surface area contributed by atoms with E-state index in [0.717, 1.165) is 99.5 Å². The normalized spacial score (nSPS) is 11.8. The van der Waals surface area contributed by atoms with Crippen LogP contribution in [0.15, 0.2) is 203 Å². The highest BCUT2D eigenvalue weighted by Crippen LogP contribution is 2.54. The van der Waals surface area contributed by atoms with Gasteiger partial charge < -0.3 is 18.6 Å². The Morgan fingerprint density at radius 3 is 1.15 bits per heavy atom. The van der Waals surface area contributed by atoms with Crippen molar-refractivity contribution in [2.24, 2.45) is 0 Å². The molecule has 284 valence electrons. The number of hydrogen-bond acceptors (Lipinski definition) is 4. The summed E-state index contributed by atoms with van der Waals surface area (Å²) >= 11 is 0. The Balaban J connectivity index is 1.26. The topological polar surface area (TPSA) is 32.8 Å². The Hall–Kier alpha value is -7.82. The van der Waals surface area contributed by atoms with Crippen molar-refractivity contribution in [1.82, 2.24) is 0 Å². The molecule has 0 spiro atoms. The maximum atomic E-state index is 6.83. The molecule has 0 N–H and O–H groups in total. The van der Waals surface area contributed by atoms with Gasteiger partial charge in [0, 0.05) is 54.5 Å². The van der Waals surface area contributed by atoms with Crippen LogP contribution in [0.4, 0.5) is 34.1 Å². The van der Waals surface area contributed by atoms with E-state index in [1.165, 1.54) is 21.9 Å². The highest BCUT2D eigenvalue weighted by Gasteiger charge is 2.29. The molecule has 0 amide bonds. The summed E-state index contributed by atoms with van der Waals surface area (Å²) in [5, 5.41) is 11.2.